The highest BCUT2D eigenvalue weighted by Gasteiger charge is 2.04. The minimum absolute atomic E-state index is 0.410. The van der Waals surface area contributed by atoms with Crippen LogP contribution in [0.3, 0.4) is 0 Å². The molecule has 0 bridgehead atoms. The summed E-state index contributed by atoms with van der Waals surface area (Å²) in [6.07, 6.45) is 0. The summed E-state index contributed by atoms with van der Waals surface area (Å²) < 4.78 is 10.9. The van der Waals surface area contributed by atoms with Crippen molar-refractivity contribution in [1.82, 2.24) is 0 Å². The van der Waals surface area contributed by atoms with Crippen LogP contribution in [-0.2, 0) is 13.2 Å². The maximum atomic E-state index is 5.84. The molecule has 19 heavy (non-hydrogen) atoms. The van der Waals surface area contributed by atoms with Crippen molar-refractivity contribution in [1.29, 1.82) is 0 Å². The summed E-state index contributed by atoms with van der Waals surface area (Å²) in [7, 11) is 1.63. The van der Waals surface area contributed by atoms with Crippen LogP contribution < -0.4 is 15.2 Å². The quantitative estimate of drug-likeness (QED) is 0.911. The third-order valence-corrected chi connectivity index (χ3v) is 3.05. The number of hydrogen-bond donors (Lipinski definition) is 1. The Morgan fingerprint density at radius 2 is 1.84 bits per heavy atom. The number of methoxy groups -OCH3 is 1. The van der Waals surface area contributed by atoms with E-state index in [1.54, 1.807) is 7.11 Å². The molecule has 0 radical (unpaired) electrons. The van der Waals surface area contributed by atoms with Crippen molar-refractivity contribution >= 4 is 11.6 Å². The Hall–Kier alpha value is -1.71. The molecule has 0 fully saturated rings. The standard InChI is InChI=1S/C15H16ClNO2/c1-18-14-6-7-15(12(8-14)9-17)19-10-11-2-4-13(16)5-3-11/h2-8H,9-10,17H2,1H3. The molecule has 100 valence electrons. The molecule has 2 rings (SSSR count). The maximum Gasteiger partial charge on any atom is 0.124 e. The fourth-order valence-electron chi connectivity index (χ4n) is 1.72. The molecule has 0 unspecified atom stereocenters. The van der Waals surface area contributed by atoms with Crippen LogP contribution in [0.1, 0.15) is 11.1 Å². The Bertz CT molecular complexity index is 540. The highest BCUT2D eigenvalue weighted by molar-refractivity contribution is 6.30. The van der Waals surface area contributed by atoms with Gasteiger partial charge < -0.3 is 15.2 Å². The summed E-state index contributed by atoms with van der Waals surface area (Å²) in [5, 5.41) is 0.718. The highest BCUT2D eigenvalue weighted by atomic mass is 35.5. The molecular weight excluding hydrogens is 262 g/mol. The first-order valence-electron chi connectivity index (χ1n) is 5.97. The van der Waals surface area contributed by atoms with Gasteiger partial charge in [0.25, 0.3) is 0 Å². The lowest BCUT2D eigenvalue weighted by Gasteiger charge is -2.12. The van der Waals surface area contributed by atoms with E-state index in [-0.39, 0.29) is 0 Å². The van der Waals surface area contributed by atoms with Gasteiger partial charge in [-0.1, -0.05) is 23.7 Å². The zero-order valence-electron chi connectivity index (χ0n) is 10.7. The van der Waals surface area contributed by atoms with Crippen LogP contribution in [0.2, 0.25) is 5.02 Å². The third kappa shape index (κ3) is 3.63. The fourth-order valence-corrected chi connectivity index (χ4v) is 1.85. The van der Waals surface area contributed by atoms with Gasteiger partial charge in [-0.15, -0.1) is 0 Å². The Kier molecular flexibility index (Phi) is 4.66. The number of ether oxygens (including phenoxy) is 2. The molecule has 2 N–H and O–H groups in total. The minimum atomic E-state index is 0.410. The van der Waals surface area contributed by atoms with E-state index in [2.05, 4.69) is 0 Å². The van der Waals surface area contributed by atoms with Crippen LogP contribution in [0, 0.1) is 0 Å². The van der Waals surface area contributed by atoms with Crippen LogP contribution in [0.25, 0.3) is 0 Å². The molecule has 0 aliphatic rings. The van der Waals surface area contributed by atoms with Gasteiger partial charge in [0.1, 0.15) is 18.1 Å². The molecule has 0 aliphatic carbocycles. The predicted molar refractivity (Wildman–Crippen MR) is 76.7 cm³/mol. The molecular formula is C15H16ClNO2. The van der Waals surface area contributed by atoms with Gasteiger partial charge in [-0.3, -0.25) is 0 Å². The van der Waals surface area contributed by atoms with Crippen molar-refractivity contribution in [3.05, 3.63) is 58.6 Å². The van der Waals surface area contributed by atoms with Crippen molar-refractivity contribution < 1.29 is 9.47 Å². The van der Waals surface area contributed by atoms with Crippen molar-refractivity contribution in [3.63, 3.8) is 0 Å². The Balaban J connectivity index is 2.08. The van der Waals surface area contributed by atoms with Gasteiger partial charge in [-0.25, -0.2) is 0 Å². The number of rotatable bonds is 5. The topological polar surface area (TPSA) is 44.5 Å². The van der Waals surface area contributed by atoms with E-state index in [0.717, 1.165) is 27.6 Å². The molecule has 0 aliphatic heterocycles. The van der Waals surface area contributed by atoms with Crippen LogP contribution >= 0.6 is 11.6 Å². The summed E-state index contributed by atoms with van der Waals surface area (Å²) >= 11 is 5.84. The fraction of sp³-hybridized carbons (Fsp3) is 0.200. The summed E-state index contributed by atoms with van der Waals surface area (Å²) in [4.78, 5) is 0. The van der Waals surface area contributed by atoms with Gasteiger partial charge in [0.15, 0.2) is 0 Å². The third-order valence-electron chi connectivity index (χ3n) is 2.80. The minimum Gasteiger partial charge on any atom is -0.497 e. The highest BCUT2D eigenvalue weighted by Crippen LogP contribution is 2.24. The van der Waals surface area contributed by atoms with Gasteiger partial charge in [-0.05, 0) is 35.9 Å². The Morgan fingerprint density at radius 1 is 1.11 bits per heavy atom. The maximum absolute atomic E-state index is 5.84. The first-order valence-corrected chi connectivity index (χ1v) is 6.35. The van der Waals surface area contributed by atoms with E-state index < -0.39 is 0 Å². The molecule has 4 heteroatoms. The lowest BCUT2D eigenvalue weighted by Crippen LogP contribution is -2.03. The van der Waals surface area contributed by atoms with E-state index in [1.807, 2.05) is 42.5 Å². The van der Waals surface area contributed by atoms with E-state index >= 15 is 0 Å². The molecule has 0 saturated carbocycles. The van der Waals surface area contributed by atoms with Gasteiger partial charge in [0.2, 0.25) is 0 Å². The van der Waals surface area contributed by atoms with Gasteiger partial charge in [0, 0.05) is 17.1 Å². The van der Waals surface area contributed by atoms with Gasteiger partial charge >= 0.3 is 0 Å². The summed E-state index contributed by atoms with van der Waals surface area (Å²) in [6.45, 7) is 0.893. The SMILES string of the molecule is COc1ccc(OCc2ccc(Cl)cc2)c(CN)c1. The Labute approximate surface area is 117 Å². The van der Waals surface area contributed by atoms with Crippen LogP contribution in [-0.4, -0.2) is 7.11 Å². The van der Waals surface area contributed by atoms with Gasteiger partial charge in [-0.2, -0.15) is 0 Å². The van der Waals surface area contributed by atoms with Crippen molar-refractivity contribution in [2.24, 2.45) is 5.73 Å². The average molecular weight is 278 g/mol. The van der Waals surface area contributed by atoms with Crippen molar-refractivity contribution in [3.8, 4) is 11.5 Å². The molecule has 0 aromatic heterocycles. The molecule has 0 saturated heterocycles. The first-order chi connectivity index (χ1) is 9.22. The smallest absolute Gasteiger partial charge is 0.124 e. The van der Waals surface area contributed by atoms with E-state index in [4.69, 9.17) is 26.8 Å². The van der Waals surface area contributed by atoms with E-state index in [1.165, 1.54) is 0 Å². The summed E-state index contributed by atoms with van der Waals surface area (Å²) in [6, 6.07) is 13.2. The van der Waals surface area contributed by atoms with Crippen LogP contribution in [0.5, 0.6) is 11.5 Å². The largest absolute Gasteiger partial charge is 0.497 e. The van der Waals surface area contributed by atoms with Crippen LogP contribution in [0.15, 0.2) is 42.5 Å². The Morgan fingerprint density at radius 3 is 2.47 bits per heavy atom. The van der Waals surface area contributed by atoms with Crippen LogP contribution in [0.4, 0.5) is 0 Å². The number of halogens is 1. The summed E-state index contributed by atoms with van der Waals surface area (Å²) in [5.41, 5.74) is 7.69. The predicted octanol–water partition coefficient (Wildman–Crippen LogP) is 3.39. The van der Waals surface area contributed by atoms with Gasteiger partial charge in [0.05, 0.1) is 7.11 Å². The number of nitrogens with two attached hydrogens (primary N) is 1. The molecule has 2 aromatic rings. The molecule has 0 heterocycles. The van der Waals surface area contributed by atoms with Crippen molar-refractivity contribution in [2.45, 2.75) is 13.2 Å². The second-order valence-corrected chi connectivity index (χ2v) is 4.53. The molecule has 0 atom stereocenters. The average Bonchev–Trinajstić information content (AvgIpc) is 2.46. The monoisotopic (exact) mass is 277 g/mol. The first kappa shape index (κ1) is 13.7. The normalized spacial score (nSPS) is 10.3. The zero-order chi connectivity index (χ0) is 13.7. The molecule has 0 amide bonds. The van der Waals surface area contributed by atoms with E-state index in [0.29, 0.717) is 13.2 Å². The second-order valence-electron chi connectivity index (χ2n) is 4.09. The lowest BCUT2D eigenvalue weighted by molar-refractivity contribution is 0.302. The number of benzene rings is 2. The second kappa shape index (κ2) is 6.45. The molecule has 0 spiro atoms. The van der Waals surface area contributed by atoms with Crippen molar-refractivity contribution in [2.75, 3.05) is 7.11 Å². The summed E-state index contributed by atoms with van der Waals surface area (Å²) in [5.74, 6) is 1.55. The zero-order valence-corrected chi connectivity index (χ0v) is 11.5. The number of hydrogen-bond acceptors (Lipinski definition) is 3. The molecule has 2 aromatic carbocycles. The molecule has 3 nitrogen and oxygen atoms in total. The van der Waals surface area contributed by atoms with E-state index in [9.17, 15) is 0 Å². The lowest BCUT2D eigenvalue weighted by atomic mass is 10.2.